The van der Waals surface area contributed by atoms with Gasteiger partial charge in [-0.15, -0.1) is 0 Å². The van der Waals surface area contributed by atoms with Crippen LogP contribution in [-0.4, -0.2) is 5.16 Å². The van der Waals surface area contributed by atoms with Gasteiger partial charge in [0.2, 0.25) is 5.88 Å². The Morgan fingerprint density at radius 1 is 1.40 bits per heavy atom. The molecule has 0 atom stereocenters. The minimum absolute atomic E-state index is 0.186. The predicted molar refractivity (Wildman–Crippen MR) is 55.7 cm³/mol. The average molecular weight is 206 g/mol. The molecule has 2 aromatic rings. The molecule has 0 saturated carbocycles. The fraction of sp³-hybridized carbons (Fsp3) is 0.182. The summed E-state index contributed by atoms with van der Waals surface area (Å²) < 4.78 is 18.2. The Morgan fingerprint density at radius 3 is 2.80 bits per heavy atom. The summed E-state index contributed by atoms with van der Waals surface area (Å²) >= 11 is 0. The van der Waals surface area contributed by atoms with E-state index < -0.39 is 0 Å². The van der Waals surface area contributed by atoms with Gasteiger partial charge in [0, 0.05) is 11.6 Å². The summed E-state index contributed by atoms with van der Waals surface area (Å²) in [6.07, 6.45) is 0.848. The molecule has 0 saturated heterocycles. The van der Waals surface area contributed by atoms with E-state index in [0.29, 0.717) is 11.3 Å². The third kappa shape index (κ3) is 1.83. The molecular weight excluding hydrogens is 195 g/mol. The highest BCUT2D eigenvalue weighted by atomic mass is 19.1. The number of nitrogen functional groups attached to an aromatic ring is 1. The molecule has 1 aromatic heterocycles. The highest BCUT2D eigenvalue weighted by Crippen LogP contribution is 2.24. The van der Waals surface area contributed by atoms with Crippen LogP contribution < -0.4 is 5.73 Å². The van der Waals surface area contributed by atoms with E-state index in [4.69, 9.17) is 10.3 Å². The Kier molecular flexibility index (Phi) is 2.41. The van der Waals surface area contributed by atoms with Crippen LogP contribution in [-0.2, 0) is 6.42 Å². The summed E-state index contributed by atoms with van der Waals surface area (Å²) in [6.45, 7) is 2.01. The van der Waals surface area contributed by atoms with Crippen LogP contribution in [0.15, 0.2) is 28.8 Å². The van der Waals surface area contributed by atoms with Crippen LogP contribution >= 0.6 is 0 Å². The Hall–Kier alpha value is -1.84. The van der Waals surface area contributed by atoms with Crippen molar-refractivity contribution in [3.63, 3.8) is 0 Å². The monoisotopic (exact) mass is 206 g/mol. The lowest BCUT2D eigenvalue weighted by molar-refractivity contribution is 0.438. The van der Waals surface area contributed by atoms with Crippen molar-refractivity contribution in [2.24, 2.45) is 0 Å². The number of benzene rings is 1. The number of anilines is 1. The number of nitrogens with two attached hydrogens (primary N) is 1. The zero-order chi connectivity index (χ0) is 10.8. The molecule has 0 unspecified atom stereocenters. The van der Waals surface area contributed by atoms with Crippen LogP contribution in [0.5, 0.6) is 0 Å². The maximum atomic E-state index is 13.5. The third-order valence-electron chi connectivity index (χ3n) is 2.24. The first-order valence-corrected chi connectivity index (χ1v) is 4.71. The molecule has 4 heteroatoms. The second kappa shape index (κ2) is 3.73. The Balaban J connectivity index is 2.51. The summed E-state index contributed by atoms with van der Waals surface area (Å²) in [5.74, 6) is -0.133. The highest BCUT2D eigenvalue weighted by molar-refractivity contribution is 5.62. The van der Waals surface area contributed by atoms with Gasteiger partial charge in [0.25, 0.3) is 0 Å². The number of halogens is 1. The van der Waals surface area contributed by atoms with Crippen LogP contribution in [0.3, 0.4) is 0 Å². The van der Waals surface area contributed by atoms with Gasteiger partial charge in [-0.3, -0.25) is 0 Å². The molecule has 15 heavy (non-hydrogen) atoms. The lowest BCUT2D eigenvalue weighted by Crippen LogP contribution is -1.88. The topological polar surface area (TPSA) is 52.0 Å². The van der Waals surface area contributed by atoms with Crippen molar-refractivity contribution in [2.75, 3.05) is 5.73 Å². The molecule has 0 fully saturated rings. The van der Waals surface area contributed by atoms with Gasteiger partial charge in [-0.25, -0.2) is 4.39 Å². The predicted octanol–water partition coefficient (Wildman–Crippen LogP) is 2.63. The van der Waals surface area contributed by atoms with Gasteiger partial charge in [0.1, 0.15) is 11.5 Å². The molecule has 0 aliphatic heterocycles. The van der Waals surface area contributed by atoms with Crippen LogP contribution in [0.1, 0.15) is 12.5 Å². The van der Waals surface area contributed by atoms with E-state index >= 15 is 0 Å². The molecule has 1 aromatic carbocycles. The standard InChI is InChI=1S/C11H11FN2O/c1-2-7-3-4-9(12)8(5-7)10-6-11(13)15-14-10/h3-6H,2,13H2,1H3. The van der Waals surface area contributed by atoms with Crippen LogP contribution in [0.25, 0.3) is 11.3 Å². The molecule has 2 N–H and O–H groups in total. The molecular formula is C11H11FN2O. The van der Waals surface area contributed by atoms with Gasteiger partial charge in [0.15, 0.2) is 0 Å². The lowest BCUT2D eigenvalue weighted by atomic mass is 10.1. The second-order valence-electron chi connectivity index (χ2n) is 3.28. The van der Waals surface area contributed by atoms with Gasteiger partial charge >= 0.3 is 0 Å². The van der Waals surface area contributed by atoms with Gasteiger partial charge in [-0.2, -0.15) is 0 Å². The first-order chi connectivity index (χ1) is 7.20. The van der Waals surface area contributed by atoms with Crippen LogP contribution in [0, 0.1) is 5.82 Å². The minimum Gasteiger partial charge on any atom is -0.368 e. The molecule has 2 rings (SSSR count). The van der Waals surface area contributed by atoms with Crippen molar-refractivity contribution < 1.29 is 8.91 Å². The summed E-state index contributed by atoms with van der Waals surface area (Å²) in [5, 5.41) is 3.68. The molecule has 0 bridgehead atoms. The number of hydrogen-bond donors (Lipinski definition) is 1. The molecule has 0 radical (unpaired) electrons. The van der Waals surface area contributed by atoms with E-state index in [1.807, 2.05) is 6.92 Å². The van der Waals surface area contributed by atoms with Crippen molar-refractivity contribution in [2.45, 2.75) is 13.3 Å². The van der Waals surface area contributed by atoms with Gasteiger partial charge in [-0.1, -0.05) is 18.1 Å². The lowest BCUT2D eigenvalue weighted by Gasteiger charge is -2.01. The maximum absolute atomic E-state index is 13.5. The van der Waals surface area contributed by atoms with Crippen molar-refractivity contribution in [1.29, 1.82) is 0 Å². The van der Waals surface area contributed by atoms with E-state index in [2.05, 4.69) is 5.16 Å². The summed E-state index contributed by atoms with van der Waals surface area (Å²) in [7, 11) is 0. The van der Waals surface area contributed by atoms with Crippen molar-refractivity contribution >= 4 is 5.88 Å². The highest BCUT2D eigenvalue weighted by Gasteiger charge is 2.10. The molecule has 0 aliphatic carbocycles. The summed E-state index contributed by atoms with van der Waals surface area (Å²) in [6, 6.07) is 6.45. The fourth-order valence-corrected chi connectivity index (χ4v) is 1.40. The van der Waals surface area contributed by atoms with Gasteiger partial charge < -0.3 is 10.3 Å². The van der Waals surface area contributed by atoms with E-state index in [0.717, 1.165) is 12.0 Å². The number of rotatable bonds is 2. The largest absolute Gasteiger partial charge is 0.368 e. The van der Waals surface area contributed by atoms with Crippen molar-refractivity contribution in [3.8, 4) is 11.3 Å². The maximum Gasteiger partial charge on any atom is 0.222 e. The molecule has 0 spiro atoms. The Bertz CT molecular complexity index is 479. The zero-order valence-electron chi connectivity index (χ0n) is 8.33. The molecule has 0 amide bonds. The Morgan fingerprint density at radius 2 is 2.20 bits per heavy atom. The second-order valence-corrected chi connectivity index (χ2v) is 3.28. The zero-order valence-corrected chi connectivity index (χ0v) is 8.33. The average Bonchev–Trinajstić information content (AvgIpc) is 2.65. The van der Waals surface area contributed by atoms with E-state index in [1.54, 1.807) is 12.1 Å². The third-order valence-corrected chi connectivity index (χ3v) is 2.24. The summed E-state index contributed by atoms with van der Waals surface area (Å²) in [4.78, 5) is 0. The smallest absolute Gasteiger partial charge is 0.222 e. The first-order valence-electron chi connectivity index (χ1n) is 4.71. The van der Waals surface area contributed by atoms with E-state index in [1.165, 1.54) is 12.1 Å². The normalized spacial score (nSPS) is 10.5. The number of nitrogens with zero attached hydrogens (tertiary/aromatic N) is 1. The van der Waals surface area contributed by atoms with Crippen LogP contribution in [0.4, 0.5) is 10.3 Å². The van der Waals surface area contributed by atoms with Crippen molar-refractivity contribution in [3.05, 3.63) is 35.6 Å². The molecule has 78 valence electrons. The van der Waals surface area contributed by atoms with Crippen LogP contribution in [0.2, 0.25) is 0 Å². The van der Waals surface area contributed by atoms with Gasteiger partial charge in [0.05, 0.1) is 0 Å². The fourth-order valence-electron chi connectivity index (χ4n) is 1.40. The minimum atomic E-state index is -0.319. The van der Waals surface area contributed by atoms with Crippen molar-refractivity contribution in [1.82, 2.24) is 5.16 Å². The van der Waals surface area contributed by atoms with E-state index in [9.17, 15) is 4.39 Å². The molecule has 1 heterocycles. The quantitative estimate of drug-likeness (QED) is 0.821. The number of aryl methyl sites for hydroxylation is 1. The molecule has 0 aliphatic rings. The molecule has 3 nitrogen and oxygen atoms in total. The van der Waals surface area contributed by atoms with E-state index in [-0.39, 0.29) is 11.7 Å². The first kappa shape index (κ1) is 9.71. The Labute approximate surface area is 86.7 Å². The SMILES string of the molecule is CCc1ccc(F)c(-c2cc(N)on2)c1. The summed E-state index contributed by atoms with van der Waals surface area (Å²) in [5.41, 5.74) is 7.29. The number of aromatic nitrogens is 1. The number of hydrogen-bond acceptors (Lipinski definition) is 3. The van der Waals surface area contributed by atoms with Gasteiger partial charge in [-0.05, 0) is 24.1 Å².